The molecule has 156 valence electrons. The van der Waals surface area contributed by atoms with E-state index in [1.54, 1.807) is 17.0 Å². The van der Waals surface area contributed by atoms with Crippen LogP contribution >= 0.6 is 22.6 Å². The number of nitrogens with zero attached hydrogens (tertiary/aromatic N) is 2. The molecule has 7 heteroatoms. The van der Waals surface area contributed by atoms with Gasteiger partial charge in [0.05, 0.1) is 0 Å². The van der Waals surface area contributed by atoms with Crippen LogP contribution < -0.4 is 4.74 Å². The summed E-state index contributed by atoms with van der Waals surface area (Å²) in [5, 5.41) is 0. The molecule has 0 radical (unpaired) electrons. The first-order chi connectivity index (χ1) is 13.7. The lowest BCUT2D eigenvalue weighted by atomic mass is 9.93. The molecule has 0 aliphatic carbocycles. The largest absolute Gasteiger partial charge is 0.473 e. The minimum absolute atomic E-state index is 0.135. The van der Waals surface area contributed by atoms with E-state index in [1.807, 2.05) is 39.0 Å². The predicted octanol–water partition coefficient (Wildman–Crippen LogP) is 5.52. The third-order valence-corrected chi connectivity index (χ3v) is 5.37. The first kappa shape index (κ1) is 21.8. The van der Waals surface area contributed by atoms with Gasteiger partial charge in [0.25, 0.3) is 0 Å². The number of aromatic nitrogens is 1. The van der Waals surface area contributed by atoms with Gasteiger partial charge in [0.15, 0.2) is 0 Å². The fraction of sp³-hybridized carbons (Fsp3) is 0.455. The quantitative estimate of drug-likeness (QED) is 0.507. The molecule has 0 atom stereocenters. The number of carbonyl (C=O) groups is 1. The van der Waals surface area contributed by atoms with Crippen LogP contribution in [-0.2, 0) is 11.3 Å². The van der Waals surface area contributed by atoms with Crippen LogP contribution in [0, 0.1) is 9.39 Å². The van der Waals surface area contributed by atoms with Crippen LogP contribution in [0.5, 0.6) is 5.88 Å². The van der Waals surface area contributed by atoms with Crippen molar-refractivity contribution in [2.75, 3.05) is 13.1 Å². The maximum absolute atomic E-state index is 14.0. The normalized spacial score (nSPS) is 15.3. The van der Waals surface area contributed by atoms with Crippen molar-refractivity contribution in [3.8, 4) is 5.88 Å². The molecule has 0 bridgehead atoms. The molecule has 3 rings (SSSR count). The smallest absolute Gasteiger partial charge is 0.410 e. The Balaban J connectivity index is 1.57. The number of rotatable bonds is 4. The Hall–Kier alpha value is -1.90. The van der Waals surface area contributed by atoms with Crippen LogP contribution in [0.25, 0.3) is 0 Å². The van der Waals surface area contributed by atoms with Gasteiger partial charge in [-0.1, -0.05) is 12.1 Å². The second-order valence-electron chi connectivity index (χ2n) is 8.17. The van der Waals surface area contributed by atoms with Gasteiger partial charge in [-0.3, -0.25) is 0 Å². The third kappa shape index (κ3) is 6.29. The summed E-state index contributed by atoms with van der Waals surface area (Å²) in [7, 11) is 0. The lowest BCUT2D eigenvalue weighted by Crippen LogP contribution is -2.41. The summed E-state index contributed by atoms with van der Waals surface area (Å²) in [6.45, 7) is 7.02. The van der Waals surface area contributed by atoms with Crippen LogP contribution in [-0.4, -0.2) is 34.7 Å². The number of carbonyl (C=O) groups excluding carboxylic acids is 1. The highest BCUT2D eigenvalue weighted by atomic mass is 127. The van der Waals surface area contributed by atoms with Crippen LogP contribution in [0.4, 0.5) is 9.18 Å². The average molecular weight is 512 g/mol. The fourth-order valence-corrected chi connectivity index (χ4v) is 3.67. The van der Waals surface area contributed by atoms with Crippen LogP contribution in [0.2, 0.25) is 0 Å². The third-order valence-electron chi connectivity index (χ3n) is 4.70. The molecule has 29 heavy (non-hydrogen) atoms. The number of halogens is 2. The monoisotopic (exact) mass is 512 g/mol. The van der Waals surface area contributed by atoms with Gasteiger partial charge in [0.2, 0.25) is 5.88 Å². The number of hydrogen-bond acceptors (Lipinski definition) is 4. The van der Waals surface area contributed by atoms with Gasteiger partial charge in [-0.2, -0.15) is 0 Å². The van der Waals surface area contributed by atoms with E-state index in [0.29, 0.717) is 24.5 Å². The Morgan fingerprint density at radius 3 is 2.62 bits per heavy atom. The highest BCUT2D eigenvalue weighted by Crippen LogP contribution is 2.29. The lowest BCUT2D eigenvalue weighted by molar-refractivity contribution is 0.0204. The van der Waals surface area contributed by atoms with Gasteiger partial charge >= 0.3 is 6.09 Å². The second-order valence-corrected chi connectivity index (χ2v) is 9.41. The van der Waals surface area contributed by atoms with Crippen LogP contribution in [0.3, 0.4) is 0 Å². The van der Waals surface area contributed by atoms with Crippen molar-refractivity contribution < 1.29 is 18.7 Å². The molecule has 0 saturated carbocycles. The van der Waals surface area contributed by atoms with Crippen molar-refractivity contribution in [3.63, 3.8) is 0 Å². The molecule has 1 aromatic carbocycles. The first-order valence-electron chi connectivity index (χ1n) is 9.73. The van der Waals surface area contributed by atoms with Gasteiger partial charge in [-0.15, -0.1) is 0 Å². The molecular formula is C22H26FIN2O3. The van der Waals surface area contributed by atoms with E-state index in [4.69, 9.17) is 9.47 Å². The van der Waals surface area contributed by atoms with Crippen LogP contribution in [0.1, 0.15) is 50.8 Å². The number of pyridine rings is 1. The zero-order valence-corrected chi connectivity index (χ0v) is 19.1. The topological polar surface area (TPSA) is 51.7 Å². The second kappa shape index (κ2) is 9.28. The highest BCUT2D eigenvalue weighted by molar-refractivity contribution is 14.1. The summed E-state index contributed by atoms with van der Waals surface area (Å²) in [6, 6.07) is 10.7. The Kier molecular flexibility index (Phi) is 6.97. The zero-order valence-electron chi connectivity index (χ0n) is 17.0. The van der Waals surface area contributed by atoms with E-state index in [1.165, 1.54) is 6.07 Å². The summed E-state index contributed by atoms with van der Waals surface area (Å²) in [5.41, 5.74) is 0.954. The summed E-state index contributed by atoms with van der Waals surface area (Å²) < 4.78 is 26.0. The number of likely N-dealkylation sites (tertiary alicyclic amines) is 1. The van der Waals surface area contributed by atoms with Crippen molar-refractivity contribution >= 4 is 28.7 Å². The molecule has 0 unspecified atom stereocenters. The molecule has 0 spiro atoms. The van der Waals surface area contributed by atoms with Crippen molar-refractivity contribution in [3.05, 3.63) is 57.0 Å². The molecule has 0 N–H and O–H groups in total. The van der Waals surface area contributed by atoms with E-state index in [9.17, 15) is 9.18 Å². The predicted molar refractivity (Wildman–Crippen MR) is 117 cm³/mol. The summed E-state index contributed by atoms with van der Waals surface area (Å²) in [5.74, 6) is 0.463. The van der Waals surface area contributed by atoms with Crippen molar-refractivity contribution in [2.24, 2.45) is 0 Å². The molecule has 1 fully saturated rings. The van der Waals surface area contributed by atoms with Crippen LogP contribution in [0.15, 0.2) is 36.4 Å². The summed E-state index contributed by atoms with van der Waals surface area (Å²) in [6.07, 6.45) is 1.38. The number of piperidine rings is 1. The fourth-order valence-electron chi connectivity index (χ4n) is 3.21. The van der Waals surface area contributed by atoms with Gasteiger partial charge in [0, 0.05) is 39.9 Å². The maximum atomic E-state index is 14.0. The van der Waals surface area contributed by atoms with Crippen molar-refractivity contribution in [1.29, 1.82) is 0 Å². The highest BCUT2D eigenvalue weighted by Gasteiger charge is 2.28. The maximum Gasteiger partial charge on any atom is 0.410 e. The molecule has 2 aromatic rings. The standard InChI is InChI=1S/C22H26FIN2O3/c1-22(2,3)29-21(27)26-11-9-15(10-12-26)19-5-4-6-20(25-19)28-14-16-7-8-17(24)13-18(16)23/h4-8,13,15H,9-12,14H2,1-3H3. The molecule has 1 aliphatic heterocycles. The zero-order chi connectivity index (χ0) is 21.0. The van der Waals surface area contributed by atoms with Gasteiger partial charge in [-0.25, -0.2) is 14.2 Å². The SMILES string of the molecule is CC(C)(C)OC(=O)N1CCC(c2cccc(OCc3ccc(I)cc3F)n2)CC1. The number of hydrogen-bond donors (Lipinski definition) is 0. The Morgan fingerprint density at radius 2 is 1.97 bits per heavy atom. The molecule has 2 heterocycles. The van der Waals surface area contributed by atoms with Crippen molar-refractivity contribution in [1.82, 2.24) is 9.88 Å². The van der Waals surface area contributed by atoms with Crippen molar-refractivity contribution in [2.45, 2.75) is 51.7 Å². The molecule has 5 nitrogen and oxygen atoms in total. The molecule has 1 aliphatic rings. The number of ether oxygens (including phenoxy) is 2. The summed E-state index contributed by atoms with van der Waals surface area (Å²) in [4.78, 5) is 18.6. The Labute approximate surface area is 184 Å². The first-order valence-corrected chi connectivity index (χ1v) is 10.8. The summed E-state index contributed by atoms with van der Waals surface area (Å²) >= 11 is 2.08. The van der Waals surface area contributed by atoms with E-state index in [2.05, 4.69) is 27.6 Å². The van der Waals surface area contributed by atoms with Gasteiger partial charge < -0.3 is 14.4 Å². The van der Waals surface area contributed by atoms with Gasteiger partial charge in [0.1, 0.15) is 18.0 Å². The number of benzene rings is 1. The van der Waals surface area contributed by atoms with E-state index in [-0.39, 0.29) is 24.4 Å². The molecule has 1 amide bonds. The minimum Gasteiger partial charge on any atom is -0.473 e. The van der Waals surface area contributed by atoms with E-state index < -0.39 is 5.60 Å². The van der Waals surface area contributed by atoms with Gasteiger partial charge in [-0.05, 0) is 74.4 Å². The van der Waals surface area contributed by atoms with E-state index in [0.717, 1.165) is 22.1 Å². The molecule has 1 aromatic heterocycles. The van der Waals surface area contributed by atoms with E-state index >= 15 is 0 Å². The number of amides is 1. The molecule has 1 saturated heterocycles. The minimum atomic E-state index is -0.488. The average Bonchev–Trinajstić information content (AvgIpc) is 2.66. The Morgan fingerprint density at radius 1 is 1.24 bits per heavy atom. The molecular weight excluding hydrogens is 486 g/mol. The lowest BCUT2D eigenvalue weighted by Gasteiger charge is -2.33. The Bertz CT molecular complexity index is 861.